The number of amides is 1. The average molecular weight is 321 g/mol. The molecule has 1 aromatic carbocycles. The van der Waals surface area contributed by atoms with Gasteiger partial charge in [-0.15, -0.1) is 0 Å². The molecule has 0 radical (unpaired) electrons. The summed E-state index contributed by atoms with van der Waals surface area (Å²) in [5.74, 6) is -0.0372. The van der Waals surface area contributed by atoms with Crippen molar-refractivity contribution in [2.45, 2.75) is 25.1 Å². The molecule has 1 N–H and O–H groups in total. The van der Waals surface area contributed by atoms with Crippen LogP contribution in [0.1, 0.15) is 30.0 Å². The molecule has 2 aromatic rings. The number of nitrogens with one attached hydrogen (secondary N) is 1. The van der Waals surface area contributed by atoms with Gasteiger partial charge in [-0.2, -0.15) is 11.8 Å². The number of para-hydroxylation sites is 1. The van der Waals surface area contributed by atoms with Gasteiger partial charge in [0.2, 0.25) is 0 Å². The van der Waals surface area contributed by atoms with Crippen LogP contribution in [0, 0.1) is 0 Å². The van der Waals surface area contributed by atoms with Crippen molar-refractivity contribution in [1.29, 1.82) is 0 Å². The van der Waals surface area contributed by atoms with E-state index in [0.29, 0.717) is 11.3 Å². The molecule has 0 fully saturated rings. The van der Waals surface area contributed by atoms with Gasteiger partial charge in [0.05, 0.1) is 7.11 Å². The number of furan rings is 1. The summed E-state index contributed by atoms with van der Waals surface area (Å²) in [5.41, 5.74) is 0.371. The highest BCUT2D eigenvalue weighted by Crippen LogP contribution is 2.29. The molecule has 0 unspecified atom stereocenters. The van der Waals surface area contributed by atoms with E-state index in [0.717, 1.165) is 10.9 Å². The van der Waals surface area contributed by atoms with Crippen LogP contribution in [0.5, 0.6) is 0 Å². The van der Waals surface area contributed by atoms with E-state index in [1.165, 1.54) is 7.11 Å². The SMILES string of the molecule is COC(=O)C(C)(C)NC(=O)c1oc2ccccc2c1CSC. The minimum Gasteiger partial charge on any atom is -0.467 e. The van der Waals surface area contributed by atoms with Crippen LogP contribution in [0.15, 0.2) is 28.7 Å². The standard InChI is InChI=1S/C16H19NO4S/c1-16(2,15(19)20-3)17-14(18)13-11(9-22-4)10-7-5-6-8-12(10)21-13/h5-8H,9H2,1-4H3,(H,17,18). The first-order valence-corrected chi connectivity index (χ1v) is 8.20. The number of carbonyl (C=O) groups is 2. The third kappa shape index (κ3) is 3.11. The smallest absolute Gasteiger partial charge is 0.330 e. The van der Waals surface area contributed by atoms with Crippen LogP contribution < -0.4 is 5.32 Å². The molecule has 1 aromatic heterocycles. The molecule has 5 nitrogen and oxygen atoms in total. The maximum absolute atomic E-state index is 12.5. The first kappa shape index (κ1) is 16.4. The lowest BCUT2D eigenvalue weighted by atomic mass is 10.1. The van der Waals surface area contributed by atoms with E-state index in [1.54, 1.807) is 25.6 Å². The van der Waals surface area contributed by atoms with E-state index in [-0.39, 0.29) is 5.76 Å². The Bertz CT molecular complexity index is 705. The summed E-state index contributed by atoms with van der Waals surface area (Å²) in [6.07, 6.45) is 1.96. The minimum absolute atomic E-state index is 0.243. The zero-order valence-electron chi connectivity index (χ0n) is 13.1. The Morgan fingerprint density at radius 2 is 2.00 bits per heavy atom. The van der Waals surface area contributed by atoms with Crippen LogP contribution in [0.25, 0.3) is 11.0 Å². The number of hydrogen-bond acceptors (Lipinski definition) is 5. The van der Waals surface area contributed by atoms with Gasteiger partial charge in [0.25, 0.3) is 5.91 Å². The Balaban J connectivity index is 2.39. The van der Waals surface area contributed by atoms with Crippen molar-refractivity contribution in [3.63, 3.8) is 0 Å². The zero-order valence-corrected chi connectivity index (χ0v) is 13.9. The fraction of sp³-hybridized carbons (Fsp3) is 0.375. The molecule has 118 valence electrons. The number of esters is 1. The maximum Gasteiger partial charge on any atom is 0.330 e. The summed E-state index contributed by atoms with van der Waals surface area (Å²) >= 11 is 1.60. The molecule has 0 spiro atoms. The molecule has 0 aliphatic rings. The highest BCUT2D eigenvalue weighted by Gasteiger charge is 2.33. The molecule has 0 aliphatic heterocycles. The van der Waals surface area contributed by atoms with Crippen LogP contribution in [-0.4, -0.2) is 30.8 Å². The van der Waals surface area contributed by atoms with Crippen LogP contribution in [0.2, 0.25) is 0 Å². The number of carbonyl (C=O) groups excluding carboxylic acids is 2. The van der Waals surface area contributed by atoms with E-state index in [4.69, 9.17) is 9.15 Å². The molecule has 0 aliphatic carbocycles. The maximum atomic E-state index is 12.5. The summed E-state index contributed by atoms with van der Waals surface area (Å²) in [6, 6.07) is 7.50. The van der Waals surface area contributed by atoms with Gasteiger partial charge in [-0.25, -0.2) is 4.79 Å². The molecule has 0 saturated carbocycles. The van der Waals surface area contributed by atoms with Crippen molar-refractivity contribution in [2.75, 3.05) is 13.4 Å². The molecule has 22 heavy (non-hydrogen) atoms. The number of thioether (sulfide) groups is 1. The Morgan fingerprint density at radius 3 is 2.64 bits per heavy atom. The molecule has 6 heteroatoms. The molecule has 0 atom stereocenters. The summed E-state index contributed by atoms with van der Waals surface area (Å²) in [5, 5.41) is 3.58. The third-order valence-corrected chi connectivity index (χ3v) is 3.89. The lowest BCUT2D eigenvalue weighted by molar-refractivity contribution is -0.146. The van der Waals surface area contributed by atoms with Crippen LogP contribution in [0.4, 0.5) is 0 Å². The highest BCUT2D eigenvalue weighted by molar-refractivity contribution is 7.97. The van der Waals surface area contributed by atoms with Crippen molar-refractivity contribution >= 4 is 34.6 Å². The normalized spacial score (nSPS) is 11.5. The molecular weight excluding hydrogens is 302 g/mol. The van der Waals surface area contributed by atoms with Gasteiger partial charge in [-0.05, 0) is 26.2 Å². The predicted molar refractivity (Wildman–Crippen MR) is 87.0 cm³/mol. The predicted octanol–water partition coefficient (Wildman–Crippen LogP) is 2.98. The summed E-state index contributed by atoms with van der Waals surface area (Å²) < 4.78 is 10.4. The van der Waals surface area contributed by atoms with Gasteiger partial charge in [-0.3, -0.25) is 4.79 Å². The van der Waals surface area contributed by atoms with Gasteiger partial charge in [-0.1, -0.05) is 18.2 Å². The van der Waals surface area contributed by atoms with Gasteiger partial charge in [0, 0.05) is 16.7 Å². The molecule has 1 amide bonds. The fourth-order valence-corrected chi connectivity index (χ4v) is 2.79. The highest BCUT2D eigenvalue weighted by atomic mass is 32.2. The van der Waals surface area contributed by atoms with Gasteiger partial charge in [0.15, 0.2) is 5.76 Å². The second kappa shape index (κ2) is 6.44. The monoisotopic (exact) mass is 321 g/mol. The summed E-state index contributed by atoms with van der Waals surface area (Å²) in [6.45, 7) is 3.18. The van der Waals surface area contributed by atoms with Crippen molar-refractivity contribution in [1.82, 2.24) is 5.32 Å². The number of methoxy groups -OCH3 is 1. The van der Waals surface area contributed by atoms with Gasteiger partial charge in [0.1, 0.15) is 11.1 Å². The Morgan fingerprint density at radius 1 is 1.32 bits per heavy atom. The van der Waals surface area contributed by atoms with Crippen molar-refractivity contribution in [3.05, 3.63) is 35.6 Å². The zero-order chi connectivity index (χ0) is 16.3. The Labute approximate surface area is 133 Å². The van der Waals surface area contributed by atoms with E-state index >= 15 is 0 Å². The molecular formula is C16H19NO4S. The molecule has 2 rings (SSSR count). The average Bonchev–Trinajstić information content (AvgIpc) is 2.85. The first-order chi connectivity index (χ1) is 10.4. The number of fused-ring (bicyclic) bond motifs is 1. The van der Waals surface area contributed by atoms with Crippen molar-refractivity contribution < 1.29 is 18.7 Å². The van der Waals surface area contributed by atoms with E-state index in [1.807, 2.05) is 30.5 Å². The molecule has 0 bridgehead atoms. The van der Waals surface area contributed by atoms with E-state index < -0.39 is 17.4 Å². The molecule has 1 heterocycles. The summed E-state index contributed by atoms with van der Waals surface area (Å²) in [4.78, 5) is 24.2. The summed E-state index contributed by atoms with van der Waals surface area (Å²) in [7, 11) is 1.29. The van der Waals surface area contributed by atoms with Crippen LogP contribution in [-0.2, 0) is 15.3 Å². The number of hydrogen-bond donors (Lipinski definition) is 1. The minimum atomic E-state index is -1.12. The Hall–Kier alpha value is -1.95. The second-order valence-corrected chi connectivity index (χ2v) is 6.28. The van der Waals surface area contributed by atoms with Crippen molar-refractivity contribution in [2.24, 2.45) is 0 Å². The molecule has 0 saturated heterocycles. The topological polar surface area (TPSA) is 68.5 Å². The first-order valence-electron chi connectivity index (χ1n) is 6.81. The lowest BCUT2D eigenvalue weighted by Crippen LogP contribution is -2.50. The third-order valence-electron chi connectivity index (χ3n) is 3.31. The lowest BCUT2D eigenvalue weighted by Gasteiger charge is -2.22. The number of rotatable bonds is 5. The fourth-order valence-electron chi connectivity index (χ4n) is 2.22. The van der Waals surface area contributed by atoms with Crippen molar-refractivity contribution in [3.8, 4) is 0 Å². The van der Waals surface area contributed by atoms with Crippen LogP contribution >= 0.6 is 11.8 Å². The van der Waals surface area contributed by atoms with Crippen LogP contribution in [0.3, 0.4) is 0 Å². The largest absolute Gasteiger partial charge is 0.467 e. The number of benzene rings is 1. The van der Waals surface area contributed by atoms with Gasteiger partial charge < -0.3 is 14.5 Å². The number of ether oxygens (including phenoxy) is 1. The quantitative estimate of drug-likeness (QED) is 0.858. The second-order valence-electron chi connectivity index (χ2n) is 5.41. The van der Waals surface area contributed by atoms with Gasteiger partial charge >= 0.3 is 5.97 Å². The van der Waals surface area contributed by atoms with E-state index in [2.05, 4.69) is 5.32 Å². The Kier molecular flexibility index (Phi) is 4.81. The van der Waals surface area contributed by atoms with E-state index in [9.17, 15) is 9.59 Å².